The summed E-state index contributed by atoms with van der Waals surface area (Å²) < 4.78 is 13.5. The average Bonchev–Trinajstić information content (AvgIpc) is 3.21. The molecule has 5 heteroatoms. The Balaban J connectivity index is 1.27. The number of rotatable bonds is 9. The van der Waals surface area contributed by atoms with E-state index in [0.717, 1.165) is 62.8 Å². The second kappa shape index (κ2) is 10.6. The zero-order chi connectivity index (χ0) is 25.8. The predicted octanol–water partition coefficient (Wildman–Crippen LogP) is 7.07. The summed E-state index contributed by atoms with van der Waals surface area (Å²) in [5.41, 5.74) is 12.3. The van der Waals surface area contributed by atoms with Crippen molar-refractivity contribution in [2.75, 3.05) is 12.8 Å². The third-order valence-corrected chi connectivity index (χ3v) is 6.56. The molecule has 0 atom stereocenters. The number of nitrogens with two attached hydrogens (primary N) is 1. The first-order valence-corrected chi connectivity index (χ1v) is 12.4. The van der Waals surface area contributed by atoms with Crippen LogP contribution in [0.4, 0.5) is 5.69 Å². The summed E-state index contributed by atoms with van der Waals surface area (Å²) >= 11 is 0. The van der Waals surface area contributed by atoms with E-state index in [1.807, 2.05) is 97.1 Å². The number of aryl methyl sites for hydroxylation is 1. The van der Waals surface area contributed by atoms with Crippen LogP contribution in [-0.4, -0.2) is 17.5 Å². The number of carbonyl (C=O) groups is 1. The minimum absolute atomic E-state index is 0.166. The fourth-order valence-corrected chi connectivity index (χ4v) is 4.72. The number of anilines is 1. The largest absolute Gasteiger partial charge is 0.497 e. The Kier molecular flexibility index (Phi) is 6.95. The van der Waals surface area contributed by atoms with Crippen LogP contribution in [0.25, 0.3) is 22.2 Å². The van der Waals surface area contributed by atoms with Crippen molar-refractivity contribution < 1.29 is 14.3 Å². The lowest BCUT2D eigenvalue weighted by atomic mass is 10.0. The summed E-state index contributed by atoms with van der Waals surface area (Å²) in [4.78, 5) is 12.8. The number of benzene rings is 4. The van der Waals surface area contributed by atoms with Crippen LogP contribution >= 0.6 is 0 Å². The van der Waals surface area contributed by atoms with E-state index in [-0.39, 0.29) is 5.78 Å². The average molecular weight is 491 g/mol. The molecule has 0 aliphatic rings. The van der Waals surface area contributed by atoms with Gasteiger partial charge in [-0.15, -0.1) is 0 Å². The molecule has 37 heavy (non-hydrogen) atoms. The van der Waals surface area contributed by atoms with Crippen LogP contribution in [0.2, 0.25) is 0 Å². The van der Waals surface area contributed by atoms with Crippen molar-refractivity contribution in [3.05, 3.63) is 108 Å². The van der Waals surface area contributed by atoms with Gasteiger partial charge in [-0.1, -0.05) is 54.6 Å². The summed E-state index contributed by atoms with van der Waals surface area (Å²) in [6.45, 7) is 2.89. The summed E-state index contributed by atoms with van der Waals surface area (Å²) in [6, 6.07) is 31.4. The molecule has 0 aliphatic heterocycles. The topological polar surface area (TPSA) is 66.5 Å². The maximum atomic E-state index is 12.8. The fraction of sp³-hybridized carbons (Fsp3) is 0.156. The van der Waals surface area contributed by atoms with Crippen LogP contribution < -0.4 is 15.2 Å². The van der Waals surface area contributed by atoms with Crippen LogP contribution in [0, 0.1) is 0 Å². The monoisotopic (exact) mass is 490 g/mol. The minimum atomic E-state index is 0.166. The molecule has 0 fully saturated rings. The maximum Gasteiger partial charge on any atom is 0.141 e. The highest BCUT2D eigenvalue weighted by atomic mass is 16.5. The highest BCUT2D eigenvalue weighted by molar-refractivity contribution is 6.01. The van der Waals surface area contributed by atoms with E-state index in [2.05, 4.69) is 11.5 Å². The second-order valence-electron chi connectivity index (χ2n) is 9.04. The number of para-hydroxylation sites is 1. The zero-order valence-corrected chi connectivity index (χ0v) is 21.1. The lowest BCUT2D eigenvalue weighted by Gasteiger charge is -2.10. The van der Waals surface area contributed by atoms with Crippen molar-refractivity contribution in [2.45, 2.75) is 26.3 Å². The third-order valence-electron chi connectivity index (χ3n) is 6.56. The molecule has 0 amide bonds. The first kappa shape index (κ1) is 24.2. The van der Waals surface area contributed by atoms with Gasteiger partial charge in [0.1, 0.15) is 23.0 Å². The number of fused-ring (bicyclic) bond motifs is 1. The van der Waals surface area contributed by atoms with Crippen LogP contribution in [0.3, 0.4) is 0 Å². The number of ether oxygens (including phenoxy) is 2. The lowest BCUT2D eigenvalue weighted by molar-refractivity contribution is -0.117. The van der Waals surface area contributed by atoms with Gasteiger partial charge in [-0.25, -0.2) is 0 Å². The van der Waals surface area contributed by atoms with E-state index in [1.165, 1.54) is 0 Å². The molecule has 0 spiro atoms. The van der Waals surface area contributed by atoms with E-state index in [1.54, 1.807) is 7.11 Å². The molecule has 2 N–H and O–H groups in total. The van der Waals surface area contributed by atoms with Crippen molar-refractivity contribution >= 4 is 22.4 Å². The first-order valence-electron chi connectivity index (χ1n) is 12.4. The van der Waals surface area contributed by atoms with Gasteiger partial charge in [0.25, 0.3) is 0 Å². The van der Waals surface area contributed by atoms with Crippen molar-refractivity contribution in [2.24, 2.45) is 0 Å². The van der Waals surface area contributed by atoms with Gasteiger partial charge in [0.2, 0.25) is 0 Å². The predicted molar refractivity (Wildman–Crippen MR) is 149 cm³/mol. The van der Waals surface area contributed by atoms with E-state index in [0.29, 0.717) is 12.8 Å². The Morgan fingerprint density at radius 2 is 1.38 bits per heavy atom. The van der Waals surface area contributed by atoms with Gasteiger partial charge < -0.3 is 19.8 Å². The molecule has 186 valence electrons. The summed E-state index contributed by atoms with van der Waals surface area (Å²) in [6.07, 6.45) is 0.762. The summed E-state index contributed by atoms with van der Waals surface area (Å²) in [5.74, 6) is 2.51. The van der Waals surface area contributed by atoms with E-state index in [9.17, 15) is 4.79 Å². The molecule has 0 radical (unpaired) electrons. The lowest BCUT2D eigenvalue weighted by Crippen LogP contribution is -2.06. The van der Waals surface area contributed by atoms with E-state index < -0.39 is 0 Å². The molecule has 1 aromatic heterocycles. The van der Waals surface area contributed by atoms with Crippen molar-refractivity contribution in [3.8, 4) is 28.5 Å². The molecule has 0 bridgehead atoms. The quantitative estimate of drug-likeness (QED) is 0.240. The summed E-state index contributed by atoms with van der Waals surface area (Å²) in [7, 11) is 1.67. The number of carbonyl (C=O) groups excluding carboxylic acids is 1. The smallest absolute Gasteiger partial charge is 0.141 e. The van der Waals surface area contributed by atoms with Crippen LogP contribution in [-0.2, 0) is 24.2 Å². The molecule has 4 aromatic carbocycles. The number of Topliss-reactive ketones (excluding diaryl/α,β-unsaturated/α-hetero) is 1. The highest BCUT2D eigenvalue weighted by Gasteiger charge is 2.17. The molecule has 5 rings (SSSR count). The first-order chi connectivity index (χ1) is 18.1. The van der Waals surface area contributed by atoms with Gasteiger partial charge in [-0.2, -0.15) is 0 Å². The standard InChI is InChI=1S/C32H30N2O3/c1-3-34-30-21-28(36-2)17-18-29(30)31(33)32(34)24-13-9-22(10-14-24)19-25(35)20-23-11-15-27(16-12-23)37-26-7-5-4-6-8-26/h4-18,21H,3,19-20,33H2,1-2H3. The Morgan fingerprint density at radius 3 is 2.00 bits per heavy atom. The zero-order valence-electron chi connectivity index (χ0n) is 21.1. The Morgan fingerprint density at radius 1 is 0.784 bits per heavy atom. The van der Waals surface area contributed by atoms with Crippen molar-refractivity contribution in [1.29, 1.82) is 0 Å². The van der Waals surface area contributed by atoms with Crippen molar-refractivity contribution in [3.63, 3.8) is 0 Å². The Bertz CT molecular complexity index is 1520. The van der Waals surface area contributed by atoms with Crippen LogP contribution in [0.5, 0.6) is 17.2 Å². The minimum Gasteiger partial charge on any atom is -0.497 e. The summed E-state index contributed by atoms with van der Waals surface area (Å²) in [5, 5.41) is 1.01. The molecular formula is C32H30N2O3. The maximum absolute atomic E-state index is 12.8. The molecule has 0 saturated carbocycles. The second-order valence-corrected chi connectivity index (χ2v) is 9.04. The molecule has 1 heterocycles. The number of nitrogen functional groups attached to an aromatic ring is 1. The van der Waals surface area contributed by atoms with Gasteiger partial charge in [0.05, 0.1) is 24.0 Å². The van der Waals surface area contributed by atoms with Gasteiger partial charge in [0, 0.05) is 36.4 Å². The molecule has 5 aromatic rings. The van der Waals surface area contributed by atoms with Gasteiger partial charge in [0.15, 0.2) is 0 Å². The molecular weight excluding hydrogens is 460 g/mol. The number of aromatic nitrogens is 1. The molecule has 0 saturated heterocycles. The van der Waals surface area contributed by atoms with Crippen LogP contribution in [0.1, 0.15) is 18.1 Å². The van der Waals surface area contributed by atoms with E-state index >= 15 is 0 Å². The van der Waals surface area contributed by atoms with Gasteiger partial charge in [-0.05, 0) is 54.4 Å². The fourth-order valence-electron chi connectivity index (χ4n) is 4.72. The third kappa shape index (κ3) is 5.21. The normalized spacial score (nSPS) is 11.0. The molecule has 5 nitrogen and oxygen atoms in total. The van der Waals surface area contributed by atoms with Gasteiger partial charge in [-0.3, -0.25) is 4.79 Å². The number of methoxy groups -OCH3 is 1. The molecule has 0 aliphatic carbocycles. The SMILES string of the molecule is CCn1c(-c2ccc(CC(=O)Cc3ccc(Oc4ccccc4)cc3)cc2)c(N)c2ccc(OC)cc21. The molecule has 0 unspecified atom stereocenters. The van der Waals surface area contributed by atoms with E-state index in [4.69, 9.17) is 15.2 Å². The Labute approximate surface area is 217 Å². The van der Waals surface area contributed by atoms with Crippen LogP contribution in [0.15, 0.2) is 97.1 Å². The number of ketones is 1. The number of nitrogens with zero attached hydrogens (tertiary/aromatic N) is 1. The van der Waals surface area contributed by atoms with Gasteiger partial charge >= 0.3 is 0 Å². The highest BCUT2D eigenvalue weighted by Crippen LogP contribution is 2.37. The Hall–Kier alpha value is -4.51. The number of hydrogen-bond donors (Lipinski definition) is 1. The van der Waals surface area contributed by atoms with Crippen molar-refractivity contribution in [1.82, 2.24) is 4.57 Å². The number of hydrogen-bond acceptors (Lipinski definition) is 4.